The number of hydrogen-bond donors (Lipinski definition) is 1. The normalized spacial score (nSPS) is 15.8. The number of nitrogens with zero attached hydrogens (tertiary/aromatic N) is 1. The molecule has 0 amide bonds. The van der Waals surface area contributed by atoms with Gasteiger partial charge in [0, 0.05) is 17.6 Å². The Morgan fingerprint density at radius 3 is 2.58 bits per heavy atom. The number of allylic oxidation sites excluding steroid dienone is 1. The van der Waals surface area contributed by atoms with Gasteiger partial charge in [-0.3, -0.25) is 0 Å². The van der Waals surface area contributed by atoms with E-state index < -0.39 is 0 Å². The van der Waals surface area contributed by atoms with Gasteiger partial charge in [-0.05, 0) is 19.1 Å². The summed E-state index contributed by atoms with van der Waals surface area (Å²) in [6.45, 7) is 2.99. The molecule has 0 aliphatic carbocycles. The molecular weight excluding hydrogens is 148 g/mol. The Morgan fingerprint density at radius 2 is 2.00 bits per heavy atom. The van der Waals surface area contributed by atoms with Gasteiger partial charge in [-0.25, -0.2) is 0 Å². The van der Waals surface area contributed by atoms with Gasteiger partial charge in [0.1, 0.15) is 0 Å². The van der Waals surface area contributed by atoms with Gasteiger partial charge in [0.2, 0.25) is 0 Å². The van der Waals surface area contributed by atoms with Crippen molar-refractivity contribution in [2.24, 2.45) is 0 Å². The van der Waals surface area contributed by atoms with Gasteiger partial charge in [-0.15, -0.1) is 0 Å². The van der Waals surface area contributed by atoms with Crippen molar-refractivity contribution in [3.05, 3.63) is 42.2 Å². The van der Waals surface area contributed by atoms with Crippen LogP contribution in [0.4, 0.5) is 5.69 Å². The lowest BCUT2D eigenvalue weighted by molar-refractivity contribution is 0.887. The van der Waals surface area contributed by atoms with Crippen LogP contribution >= 0.6 is 0 Å². The monoisotopic (exact) mass is 160 g/mol. The van der Waals surface area contributed by atoms with E-state index in [9.17, 15) is 0 Å². The summed E-state index contributed by atoms with van der Waals surface area (Å²) in [7, 11) is 0. The molecule has 2 rings (SSSR count). The zero-order valence-electron chi connectivity index (χ0n) is 7.12. The van der Waals surface area contributed by atoms with Gasteiger partial charge in [0.05, 0.1) is 6.67 Å². The first-order valence-corrected chi connectivity index (χ1v) is 4.11. The van der Waals surface area contributed by atoms with E-state index in [-0.39, 0.29) is 0 Å². The largest absolute Gasteiger partial charge is 0.372 e. The quantitative estimate of drug-likeness (QED) is 0.675. The lowest BCUT2D eigenvalue weighted by atomic mass is 10.3. The summed E-state index contributed by atoms with van der Waals surface area (Å²) in [6.07, 6.45) is 2.03. The molecule has 0 unspecified atom stereocenters. The summed E-state index contributed by atoms with van der Waals surface area (Å²) in [5.74, 6) is 0. The van der Waals surface area contributed by atoms with Crippen molar-refractivity contribution < 1.29 is 0 Å². The van der Waals surface area contributed by atoms with Crippen LogP contribution in [-0.2, 0) is 0 Å². The molecule has 1 aliphatic heterocycles. The van der Waals surface area contributed by atoms with Crippen LogP contribution in [0.5, 0.6) is 0 Å². The highest BCUT2D eigenvalue weighted by Crippen LogP contribution is 2.19. The average Bonchev–Trinajstić information content (AvgIpc) is 2.53. The smallest absolute Gasteiger partial charge is 0.0918 e. The second-order valence-corrected chi connectivity index (χ2v) is 2.91. The minimum Gasteiger partial charge on any atom is -0.372 e. The number of para-hydroxylation sites is 1. The van der Waals surface area contributed by atoms with E-state index in [4.69, 9.17) is 0 Å². The average molecular weight is 160 g/mol. The van der Waals surface area contributed by atoms with Crippen molar-refractivity contribution in [3.63, 3.8) is 0 Å². The van der Waals surface area contributed by atoms with Crippen LogP contribution in [0.3, 0.4) is 0 Å². The molecule has 0 radical (unpaired) electrons. The predicted octanol–water partition coefficient (Wildman–Crippen LogP) is 1.92. The molecule has 2 nitrogen and oxygen atoms in total. The lowest BCUT2D eigenvalue weighted by Crippen LogP contribution is -2.21. The van der Waals surface area contributed by atoms with Crippen LogP contribution in [0.1, 0.15) is 6.92 Å². The Balaban J connectivity index is 2.27. The molecule has 0 atom stereocenters. The third kappa shape index (κ3) is 1.16. The van der Waals surface area contributed by atoms with E-state index in [2.05, 4.69) is 41.4 Å². The zero-order chi connectivity index (χ0) is 8.39. The number of nitrogens with one attached hydrogen (secondary N) is 1. The lowest BCUT2D eigenvalue weighted by Gasteiger charge is -2.18. The van der Waals surface area contributed by atoms with Crippen molar-refractivity contribution >= 4 is 5.69 Å². The number of hydrogen-bond acceptors (Lipinski definition) is 2. The maximum atomic E-state index is 3.18. The fraction of sp³-hybridized carbons (Fsp3) is 0.200. The fourth-order valence-corrected chi connectivity index (χ4v) is 1.39. The van der Waals surface area contributed by atoms with Crippen LogP contribution in [0, 0.1) is 0 Å². The van der Waals surface area contributed by atoms with E-state index in [1.54, 1.807) is 0 Å². The molecule has 2 heteroatoms. The fourth-order valence-electron chi connectivity index (χ4n) is 1.39. The minimum atomic E-state index is 0.885. The van der Waals surface area contributed by atoms with Crippen LogP contribution in [0.15, 0.2) is 42.2 Å². The number of anilines is 1. The molecule has 0 saturated carbocycles. The molecule has 0 aromatic heterocycles. The van der Waals surface area contributed by atoms with Crippen molar-refractivity contribution in [2.75, 3.05) is 11.6 Å². The molecule has 12 heavy (non-hydrogen) atoms. The second-order valence-electron chi connectivity index (χ2n) is 2.91. The molecule has 0 fully saturated rings. The third-order valence-electron chi connectivity index (χ3n) is 2.05. The molecule has 62 valence electrons. The predicted molar refractivity (Wildman–Crippen MR) is 50.7 cm³/mol. The summed E-state index contributed by atoms with van der Waals surface area (Å²) >= 11 is 0. The Morgan fingerprint density at radius 1 is 1.25 bits per heavy atom. The molecule has 1 aromatic carbocycles. The van der Waals surface area contributed by atoms with Gasteiger partial charge >= 0.3 is 0 Å². The first-order chi connectivity index (χ1) is 5.88. The van der Waals surface area contributed by atoms with E-state index in [1.165, 1.54) is 11.4 Å². The molecule has 0 saturated heterocycles. The summed E-state index contributed by atoms with van der Waals surface area (Å²) in [5, 5.41) is 3.18. The van der Waals surface area contributed by atoms with Crippen molar-refractivity contribution in [1.82, 2.24) is 5.32 Å². The first-order valence-electron chi connectivity index (χ1n) is 4.11. The molecule has 1 heterocycles. The molecule has 1 aromatic rings. The van der Waals surface area contributed by atoms with E-state index in [0.717, 1.165) is 6.67 Å². The summed E-state index contributed by atoms with van der Waals surface area (Å²) in [4.78, 5) is 2.24. The van der Waals surface area contributed by atoms with Gasteiger partial charge in [-0.1, -0.05) is 18.2 Å². The molecule has 1 aliphatic rings. The standard InChI is InChI=1S/C10H12N2/c1-9-7-11-8-12(9)10-5-3-2-4-6-10/h2-7,11H,8H2,1H3. The molecule has 0 bridgehead atoms. The summed E-state index contributed by atoms with van der Waals surface area (Å²) < 4.78 is 0. The second kappa shape index (κ2) is 2.89. The van der Waals surface area contributed by atoms with Crippen LogP contribution < -0.4 is 10.2 Å². The van der Waals surface area contributed by atoms with Gasteiger partial charge in [0.25, 0.3) is 0 Å². The molecule has 0 spiro atoms. The van der Waals surface area contributed by atoms with Crippen LogP contribution in [0.25, 0.3) is 0 Å². The first kappa shape index (κ1) is 7.22. The Bertz CT molecular complexity index is 290. The Labute approximate surface area is 72.5 Å². The van der Waals surface area contributed by atoms with Crippen LogP contribution in [0.2, 0.25) is 0 Å². The topological polar surface area (TPSA) is 15.3 Å². The summed E-state index contributed by atoms with van der Waals surface area (Å²) in [5.41, 5.74) is 2.51. The van der Waals surface area contributed by atoms with Gasteiger partial charge < -0.3 is 10.2 Å². The maximum Gasteiger partial charge on any atom is 0.0918 e. The highest BCUT2D eigenvalue weighted by atomic mass is 15.3. The zero-order valence-corrected chi connectivity index (χ0v) is 7.12. The van der Waals surface area contributed by atoms with Crippen LogP contribution in [-0.4, -0.2) is 6.67 Å². The maximum absolute atomic E-state index is 3.18. The number of benzene rings is 1. The number of rotatable bonds is 1. The third-order valence-corrected chi connectivity index (χ3v) is 2.05. The highest BCUT2D eigenvalue weighted by molar-refractivity contribution is 5.52. The van der Waals surface area contributed by atoms with E-state index in [0.29, 0.717) is 0 Å². The van der Waals surface area contributed by atoms with Crippen molar-refractivity contribution in [3.8, 4) is 0 Å². The van der Waals surface area contributed by atoms with Gasteiger partial charge in [-0.2, -0.15) is 0 Å². The minimum absolute atomic E-state index is 0.885. The van der Waals surface area contributed by atoms with E-state index >= 15 is 0 Å². The molecular formula is C10H12N2. The van der Waals surface area contributed by atoms with Crippen molar-refractivity contribution in [2.45, 2.75) is 6.92 Å². The SMILES string of the molecule is CC1=CNCN1c1ccccc1. The van der Waals surface area contributed by atoms with Gasteiger partial charge in [0.15, 0.2) is 0 Å². The highest BCUT2D eigenvalue weighted by Gasteiger charge is 2.10. The summed E-state index contributed by atoms with van der Waals surface area (Å²) in [6, 6.07) is 10.4. The Kier molecular flexibility index (Phi) is 1.74. The Hall–Kier alpha value is -1.44. The molecule has 1 N–H and O–H groups in total. The van der Waals surface area contributed by atoms with Crippen molar-refractivity contribution in [1.29, 1.82) is 0 Å². The van der Waals surface area contributed by atoms with E-state index in [1.807, 2.05) is 12.3 Å².